The zero-order chi connectivity index (χ0) is 13.5. The Hall–Kier alpha value is -1.75. The molecule has 1 atom stereocenters. The van der Waals surface area contributed by atoms with E-state index in [9.17, 15) is 9.90 Å². The minimum atomic E-state index is -0.349. The molecule has 0 fully saturated rings. The van der Waals surface area contributed by atoms with Gasteiger partial charge >= 0.3 is 0 Å². The number of carbonyl (C=O) groups is 1. The third-order valence-corrected chi connectivity index (χ3v) is 2.40. The average Bonchev–Trinajstić information content (AvgIpc) is 2.36. The SMILES string of the molecule is CCOCC(C)NC(=O)c1cc(OC)ccc1O. The van der Waals surface area contributed by atoms with Gasteiger partial charge in [0.1, 0.15) is 11.5 Å². The summed E-state index contributed by atoms with van der Waals surface area (Å²) < 4.78 is 10.2. The van der Waals surface area contributed by atoms with Crippen molar-refractivity contribution in [3.05, 3.63) is 23.8 Å². The van der Waals surface area contributed by atoms with Gasteiger partial charge in [-0.05, 0) is 32.0 Å². The third kappa shape index (κ3) is 3.92. The topological polar surface area (TPSA) is 67.8 Å². The molecular weight excluding hydrogens is 234 g/mol. The number of nitrogens with one attached hydrogen (secondary N) is 1. The summed E-state index contributed by atoms with van der Waals surface area (Å²) in [5.41, 5.74) is 0.192. The smallest absolute Gasteiger partial charge is 0.255 e. The van der Waals surface area contributed by atoms with Crippen LogP contribution in [0.4, 0.5) is 0 Å². The van der Waals surface area contributed by atoms with Crippen LogP contribution < -0.4 is 10.1 Å². The molecule has 1 aromatic rings. The maximum Gasteiger partial charge on any atom is 0.255 e. The zero-order valence-corrected chi connectivity index (χ0v) is 10.9. The van der Waals surface area contributed by atoms with Gasteiger partial charge in [-0.15, -0.1) is 0 Å². The van der Waals surface area contributed by atoms with E-state index in [0.29, 0.717) is 19.0 Å². The van der Waals surface area contributed by atoms with Crippen molar-refractivity contribution in [1.29, 1.82) is 0 Å². The average molecular weight is 253 g/mol. The van der Waals surface area contributed by atoms with Crippen LogP contribution in [0.25, 0.3) is 0 Å². The summed E-state index contributed by atoms with van der Waals surface area (Å²) in [6.07, 6.45) is 0. The van der Waals surface area contributed by atoms with Gasteiger partial charge in [-0.3, -0.25) is 4.79 Å². The summed E-state index contributed by atoms with van der Waals surface area (Å²) in [7, 11) is 1.51. The van der Waals surface area contributed by atoms with E-state index in [0.717, 1.165) is 0 Å². The Morgan fingerprint density at radius 3 is 2.83 bits per heavy atom. The number of ether oxygens (including phenoxy) is 2. The second-order valence-corrected chi connectivity index (χ2v) is 3.92. The van der Waals surface area contributed by atoms with Crippen molar-refractivity contribution in [2.24, 2.45) is 0 Å². The van der Waals surface area contributed by atoms with Crippen molar-refractivity contribution >= 4 is 5.91 Å². The molecule has 0 radical (unpaired) electrons. The largest absolute Gasteiger partial charge is 0.507 e. The first kappa shape index (κ1) is 14.3. The number of hydrogen-bond donors (Lipinski definition) is 2. The fourth-order valence-corrected chi connectivity index (χ4v) is 1.46. The highest BCUT2D eigenvalue weighted by Crippen LogP contribution is 2.22. The molecular formula is C13H19NO4. The minimum Gasteiger partial charge on any atom is -0.507 e. The van der Waals surface area contributed by atoms with Gasteiger partial charge in [0, 0.05) is 12.6 Å². The predicted molar refractivity (Wildman–Crippen MR) is 68.1 cm³/mol. The van der Waals surface area contributed by atoms with Gasteiger partial charge in [-0.2, -0.15) is 0 Å². The van der Waals surface area contributed by atoms with Gasteiger partial charge < -0.3 is 19.9 Å². The normalized spacial score (nSPS) is 11.9. The molecule has 0 aliphatic heterocycles. The molecule has 0 spiro atoms. The maximum atomic E-state index is 11.9. The van der Waals surface area contributed by atoms with Crippen molar-refractivity contribution in [3.63, 3.8) is 0 Å². The number of methoxy groups -OCH3 is 1. The van der Waals surface area contributed by atoms with E-state index in [1.165, 1.54) is 19.2 Å². The summed E-state index contributed by atoms with van der Waals surface area (Å²) in [5, 5.41) is 12.4. The molecule has 18 heavy (non-hydrogen) atoms. The highest BCUT2D eigenvalue weighted by molar-refractivity contribution is 5.97. The van der Waals surface area contributed by atoms with Crippen molar-refractivity contribution < 1.29 is 19.4 Å². The number of carbonyl (C=O) groups excluding carboxylic acids is 1. The summed E-state index contributed by atoms with van der Waals surface area (Å²) in [4.78, 5) is 11.9. The van der Waals surface area contributed by atoms with E-state index in [-0.39, 0.29) is 23.3 Å². The minimum absolute atomic E-state index is 0.0723. The van der Waals surface area contributed by atoms with E-state index in [2.05, 4.69) is 5.32 Å². The lowest BCUT2D eigenvalue weighted by atomic mass is 10.1. The van der Waals surface area contributed by atoms with E-state index in [4.69, 9.17) is 9.47 Å². The Labute approximate surface area is 107 Å². The Bertz CT molecular complexity index is 406. The molecule has 100 valence electrons. The number of hydrogen-bond acceptors (Lipinski definition) is 4. The van der Waals surface area contributed by atoms with Gasteiger partial charge in [-0.25, -0.2) is 0 Å². The molecule has 1 aromatic carbocycles. The second kappa shape index (κ2) is 6.86. The fraction of sp³-hybridized carbons (Fsp3) is 0.462. The molecule has 0 aliphatic carbocycles. The predicted octanol–water partition coefficient (Wildman–Crippen LogP) is 1.56. The molecule has 5 heteroatoms. The second-order valence-electron chi connectivity index (χ2n) is 3.92. The Morgan fingerprint density at radius 2 is 2.22 bits per heavy atom. The standard InChI is InChI=1S/C13H19NO4/c1-4-18-8-9(2)14-13(16)11-7-10(17-3)5-6-12(11)15/h5-7,9,15H,4,8H2,1-3H3,(H,14,16). The van der Waals surface area contributed by atoms with Crippen LogP contribution in [-0.4, -0.2) is 37.4 Å². The van der Waals surface area contributed by atoms with Crippen LogP contribution in [0.2, 0.25) is 0 Å². The Kier molecular flexibility index (Phi) is 5.45. The van der Waals surface area contributed by atoms with E-state index < -0.39 is 0 Å². The summed E-state index contributed by atoms with van der Waals surface area (Å²) >= 11 is 0. The van der Waals surface area contributed by atoms with Crippen LogP contribution >= 0.6 is 0 Å². The molecule has 0 bridgehead atoms. The van der Waals surface area contributed by atoms with Crippen LogP contribution in [-0.2, 0) is 4.74 Å². The van der Waals surface area contributed by atoms with Gasteiger partial charge in [0.05, 0.1) is 19.3 Å². The monoisotopic (exact) mass is 253 g/mol. The van der Waals surface area contributed by atoms with Crippen molar-refractivity contribution in [1.82, 2.24) is 5.32 Å². The maximum absolute atomic E-state index is 11.9. The first-order chi connectivity index (χ1) is 8.58. The molecule has 5 nitrogen and oxygen atoms in total. The lowest BCUT2D eigenvalue weighted by molar-refractivity contribution is 0.0869. The molecule has 1 unspecified atom stereocenters. The number of phenolic OH excluding ortho intramolecular Hbond substituents is 1. The highest BCUT2D eigenvalue weighted by Gasteiger charge is 2.14. The van der Waals surface area contributed by atoms with Crippen LogP contribution in [0.5, 0.6) is 11.5 Å². The van der Waals surface area contributed by atoms with E-state index >= 15 is 0 Å². The Balaban J connectivity index is 2.71. The fourth-order valence-electron chi connectivity index (χ4n) is 1.46. The molecule has 0 aliphatic rings. The summed E-state index contributed by atoms with van der Waals surface area (Å²) in [6.45, 7) is 4.77. The molecule has 2 N–H and O–H groups in total. The quantitative estimate of drug-likeness (QED) is 0.807. The number of amides is 1. The number of phenols is 1. The van der Waals surface area contributed by atoms with Crippen LogP contribution in [0.1, 0.15) is 24.2 Å². The third-order valence-electron chi connectivity index (χ3n) is 2.40. The molecule has 0 saturated carbocycles. The zero-order valence-electron chi connectivity index (χ0n) is 10.9. The highest BCUT2D eigenvalue weighted by atomic mass is 16.5. The Morgan fingerprint density at radius 1 is 1.50 bits per heavy atom. The lowest BCUT2D eigenvalue weighted by Crippen LogP contribution is -2.35. The first-order valence-electron chi connectivity index (χ1n) is 5.84. The molecule has 1 amide bonds. The van der Waals surface area contributed by atoms with Gasteiger partial charge in [0.15, 0.2) is 0 Å². The van der Waals surface area contributed by atoms with Crippen LogP contribution in [0, 0.1) is 0 Å². The van der Waals surface area contributed by atoms with Crippen LogP contribution in [0.15, 0.2) is 18.2 Å². The van der Waals surface area contributed by atoms with E-state index in [1.807, 2.05) is 13.8 Å². The van der Waals surface area contributed by atoms with Crippen LogP contribution in [0.3, 0.4) is 0 Å². The first-order valence-corrected chi connectivity index (χ1v) is 5.84. The van der Waals surface area contributed by atoms with Gasteiger partial charge in [-0.1, -0.05) is 0 Å². The van der Waals surface area contributed by atoms with Crippen molar-refractivity contribution in [2.45, 2.75) is 19.9 Å². The van der Waals surface area contributed by atoms with Gasteiger partial charge in [0.2, 0.25) is 0 Å². The number of rotatable bonds is 6. The molecule has 0 heterocycles. The molecule has 1 rings (SSSR count). The molecule has 0 aromatic heterocycles. The molecule has 0 saturated heterocycles. The number of aromatic hydroxyl groups is 1. The summed E-state index contributed by atoms with van der Waals surface area (Å²) in [6, 6.07) is 4.40. The lowest BCUT2D eigenvalue weighted by Gasteiger charge is -2.14. The van der Waals surface area contributed by atoms with Crippen molar-refractivity contribution in [2.75, 3.05) is 20.3 Å². The summed E-state index contributed by atoms with van der Waals surface area (Å²) in [5.74, 6) is 0.103. The van der Waals surface area contributed by atoms with Gasteiger partial charge in [0.25, 0.3) is 5.91 Å². The van der Waals surface area contributed by atoms with Crippen molar-refractivity contribution in [3.8, 4) is 11.5 Å². The number of benzene rings is 1. The van der Waals surface area contributed by atoms with E-state index in [1.54, 1.807) is 6.07 Å².